The zero-order chi connectivity index (χ0) is 15.3. The van der Waals surface area contributed by atoms with Crippen LogP contribution in [0.25, 0.3) is 4.72 Å². The van der Waals surface area contributed by atoms with Crippen LogP contribution >= 0.6 is 0 Å². The van der Waals surface area contributed by atoms with Gasteiger partial charge in [-0.2, -0.15) is 0 Å². The lowest BCUT2D eigenvalue weighted by molar-refractivity contribution is -0.360. The summed E-state index contributed by atoms with van der Waals surface area (Å²) in [6.45, 7) is 2.31. The second kappa shape index (κ2) is 6.60. The molecule has 2 aromatic rings. The molecule has 0 aliphatic carbocycles. The summed E-state index contributed by atoms with van der Waals surface area (Å²) in [7, 11) is -3.44. The Labute approximate surface area is 124 Å². The van der Waals surface area contributed by atoms with Gasteiger partial charge in [-0.25, -0.2) is 8.42 Å². The van der Waals surface area contributed by atoms with Gasteiger partial charge in [0.25, 0.3) is 0 Å². The molecule has 0 saturated carbocycles. The summed E-state index contributed by atoms with van der Waals surface area (Å²) >= 11 is 0. The molecule has 21 heavy (non-hydrogen) atoms. The van der Waals surface area contributed by atoms with Crippen LogP contribution in [0.1, 0.15) is 5.56 Å². The fraction of sp³-hybridized carbons (Fsp3) is 0.200. The predicted octanol–water partition coefficient (Wildman–Crippen LogP) is 2.36. The van der Waals surface area contributed by atoms with E-state index < -0.39 is 10.0 Å². The number of quaternary nitrogens is 1. The van der Waals surface area contributed by atoms with Crippen LogP contribution < -0.4 is 10.5 Å². The van der Waals surface area contributed by atoms with E-state index in [1.54, 1.807) is 24.3 Å². The van der Waals surface area contributed by atoms with Gasteiger partial charge in [-0.05, 0) is 31.2 Å². The summed E-state index contributed by atoms with van der Waals surface area (Å²) in [5.74, 6) is 1.32. The number of sulfonamides is 1. The quantitative estimate of drug-likeness (QED) is 0.889. The highest BCUT2D eigenvalue weighted by Gasteiger charge is 2.00. The molecule has 0 aliphatic rings. The van der Waals surface area contributed by atoms with E-state index in [-0.39, 0.29) is 5.75 Å². The predicted molar refractivity (Wildman–Crippen MR) is 82.3 cm³/mol. The van der Waals surface area contributed by atoms with E-state index in [0.29, 0.717) is 18.0 Å². The second-order valence-corrected chi connectivity index (χ2v) is 6.39. The van der Waals surface area contributed by atoms with E-state index in [4.69, 9.17) is 4.74 Å². The van der Waals surface area contributed by atoms with Gasteiger partial charge in [0, 0.05) is 0 Å². The van der Waals surface area contributed by atoms with Crippen molar-refractivity contribution in [1.82, 2.24) is 0 Å². The molecule has 112 valence electrons. The molecular weight excluding hydrogens is 288 g/mol. The lowest BCUT2D eigenvalue weighted by atomic mass is 10.2. The molecule has 3 N–H and O–H groups in total. The molecule has 0 spiro atoms. The van der Waals surface area contributed by atoms with Crippen molar-refractivity contribution in [2.75, 3.05) is 12.3 Å². The molecule has 2 rings (SSSR count). The first-order chi connectivity index (χ1) is 9.98. The summed E-state index contributed by atoms with van der Waals surface area (Å²) in [6, 6.07) is 14.3. The van der Waals surface area contributed by atoms with Crippen LogP contribution in [0.15, 0.2) is 48.5 Å². The zero-order valence-corrected chi connectivity index (χ0v) is 12.6. The Morgan fingerprint density at radius 1 is 1.00 bits per heavy atom. The van der Waals surface area contributed by atoms with Crippen LogP contribution in [-0.4, -0.2) is 20.7 Å². The topological polar surface area (TPSA) is 85.1 Å². The molecule has 5 nitrogen and oxygen atoms in total. The van der Waals surface area contributed by atoms with Crippen molar-refractivity contribution in [3.05, 3.63) is 58.8 Å². The number of hydrogen-bond donors (Lipinski definition) is 1. The van der Waals surface area contributed by atoms with Gasteiger partial charge in [0.05, 0.1) is 22.3 Å². The van der Waals surface area contributed by atoms with Crippen molar-refractivity contribution >= 4 is 15.7 Å². The van der Waals surface area contributed by atoms with Crippen LogP contribution in [0.3, 0.4) is 0 Å². The summed E-state index contributed by atoms with van der Waals surface area (Å²) in [5.41, 5.74) is 5.07. The normalized spacial score (nSPS) is 11.1. The molecule has 0 fully saturated rings. The van der Waals surface area contributed by atoms with Crippen molar-refractivity contribution in [3.8, 4) is 11.5 Å². The van der Waals surface area contributed by atoms with Gasteiger partial charge in [-0.15, -0.1) is 5.69 Å². The third-order valence-electron chi connectivity index (χ3n) is 2.74. The van der Waals surface area contributed by atoms with Gasteiger partial charge in [-0.3, -0.25) is 0 Å². The van der Waals surface area contributed by atoms with Crippen LogP contribution in [0.5, 0.6) is 11.5 Å². The maximum Gasteiger partial charge on any atom is 0.127 e. The van der Waals surface area contributed by atoms with Crippen molar-refractivity contribution in [1.29, 1.82) is 0 Å². The van der Waals surface area contributed by atoms with Gasteiger partial charge < -0.3 is 15.2 Å². The summed E-state index contributed by atoms with van der Waals surface area (Å²) < 4.78 is 32.5. The lowest BCUT2D eigenvalue weighted by Gasteiger charge is -2.20. The van der Waals surface area contributed by atoms with Gasteiger partial charge >= 0.3 is 0 Å². The molecule has 0 heterocycles. The summed E-state index contributed by atoms with van der Waals surface area (Å²) in [5, 5.41) is 0. The maximum atomic E-state index is 11.6. The fourth-order valence-electron chi connectivity index (χ4n) is 1.71. The minimum absolute atomic E-state index is 0.0470. The number of rotatable bonds is 6. The highest BCUT2D eigenvalue weighted by atomic mass is 32.2. The smallest absolute Gasteiger partial charge is 0.127 e. The Bertz CT molecular complexity index is 680. The number of nitrogens with zero attached hydrogens (tertiary/aromatic N) is 1. The highest BCUT2D eigenvalue weighted by Crippen LogP contribution is 2.27. The number of hydrogen-bond acceptors (Lipinski definition) is 3. The Kier molecular flexibility index (Phi) is 4.82. The molecule has 0 bridgehead atoms. The number of ether oxygens (including phenoxy) is 1. The SMILES string of the molecule is Cc1ccc(Oc2ccc([N-]S(=O)(=O)CC[NH3+])cc2)cc1. The highest BCUT2D eigenvalue weighted by molar-refractivity contribution is 7.94. The van der Waals surface area contributed by atoms with E-state index >= 15 is 0 Å². The molecule has 0 saturated heterocycles. The van der Waals surface area contributed by atoms with E-state index in [2.05, 4.69) is 10.5 Å². The van der Waals surface area contributed by atoms with Crippen molar-refractivity contribution in [2.24, 2.45) is 0 Å². The van der Waals surface area contributed by atoms with Crippen molar-refractivity contribution in [3.63, 3.8) is 0 Å². The molecular formula is C15H18N2O3S. The molecule has 0 unspecified atom stereocenters. The first-order valence-electron chi connectivity index (χ1n) is 6.58. The molecule has 0 aromatic heterocycles. The molecule has 0 radical (unpaired) electrons. The van der Waals surface area contributed by atoms with E-state index in [1.165, 1.54) is 0 Å². The first-order valence-corrected chi connectivity index (χ1v) is 8.19. The van der Waals surface area contributed by atoms with E-state index in [9.17, 15) is 8.42 Å². The standard InChI is InChI=1S/C15H17N2O3S/c1-12-2-6-14(7-3-12)20-15-8-4-13(5-9-15)17-21(18,19)11-10-16/h2-9H,10-11,16H2,1H3/q-1/p+1. The average Bonchev–Trinajstić information content (AvgIpc) is 2.43. The minimum Gasteiger partial charge on any atom is -0.577 e. The third-order valence-corrected chi connectivity index (χ3v) is 4.03. The molecule has 0 amide bonds. The van der Waals surface area contributed by atoms with Crippen LogP contribution in [0.2, 0.25) is 0 Å². The minimum atomic E-state index is -3.44. The lowest BCUT2D eigenvalue weighted by Crippen LogP contribution is -2.52. The molecule has 0 aliphatic heterocycles. The number of benzene rings is 2. The Morgan fingerprint density at radius 2 is 1.52 bits per heavy atom. The summed E-state index contributed by atoms with van der Waals surface area (Å²) in [6.07, 6.45) is 0. The van der Waals surface area contributed by atoms with Gasteiger partial charge in [-0.1, -0.05) is 29.8 Å². The van der Waals surface area contributed by atoms with E-state index in [1.807, 2.05) is 31.2 Å². The first kappa shape index (κ1) is 15.3. The Hall–Kier alpha value is -2.05. The molecule has 2 aromatic carbocycles. The Morgan fingerprint density at radius 3 is 2.05 bits per heavy atom. The van der Waals surface area contributed by atoms with E-state index in [0.717, 1.165) is 11.3 Å². The average molecular weight is 306 g/mol. The van der Waals surface area contributed by atoms with Crippen LogP contribution in [0.4, 0.5) is 5.69 Å². The number of aryl methyl sites for hydroxylation is 1. The molecule has 6 heteroatoms. The van der Waals surface area contributed by atoms with Crippen molar-refractivity contribution in [2.45, 2.75) is 6.92 Å². The largest absolute Gasteiger partial charge is 0.577 e. The second-order valence-electron chi connectivity index (χ2n) is 4.64. The monoisotopic (exact) mass is 306 g/mol. The van der Waals surface area contributed by atoms with Crippen LogP contribution in [0, 0.1) is 6.92 Å². The summed E-state index contributed by atoms with van der Waals surface area (Å²) in [4.78, 5) is 0. The zero-order valence-electron chi connectivity index (χ0n) is 11.8. The van der Waals surface area contributed by atoms with Crippen molar-refractivity contribution < 1.29 is 18.9 Å². The van der Waals surface area contributed by atoms with Gasteiger partial charge in [0.15, 0.2) is 0 Å². The van der Waals surface area contributed by atoms with Gasteiger partial charge in [0.1, 0.15) is 11.5 Å². The Balaban J connectivity index is 2.03. The maximum absolute atomic E-state index is 11.6. The van der Waals surface area contributed by atoms with Crippen LogP contribution in [-0.2, 0) is 10.0 Å². The molecule has 0 atom stereocenters. The fourth-order valence-corrected chi connectivity index (χ4v) is 2.61. The van der Waals surface area contributed by atoms with Gasteiger partial charge in [0.2, 0.25) is 0 Å². The third kappa shape index (κ3) is 4.77.